The highest BCUT2D eigenvalue weighted by Crippen LogP contribution is 2.29. The van der Waals surface area contributed by atoms with Crippen molar-refractivity contribution >= 4 is 23.5 Å². The minimum atomic E-state index is -1.20. The number of carbonyl (C=O) groups is 2. The number of aromatic carboxylic acids is 1. The number of primary amides is 1. The maximum atomic E-state index is 14.0. The topological polar surface area (TPSA) is 109 Å². The van der Waals surface area contributed by atoms with Crippen LogP contribution in [-0.4, -0.2) is 27.2 Å². The van der Waals surface area contributed by atoms with Gasteiger partial charge in [-0.05, 0) is 42.5 Å². The van der Waals surface area contributed by atoms with Crippen molar-refractivity contribution in [3.63, 3.8) is 0 Å². The van der Waals surface area contributed by atoms with Gasteiger partial charge in [-0.15, -0.1) is 0 Å². The van der Waals surface area contributed by atoms with Crippen molar-refractivity contribution in [1.29, 1.82) is 0 Å². The molecule has 4 rings (SSSR count). The van der Waals surface area contributed by atoms with Crippen molar-refractivity contribution in [1.82, 2.24) is 10.2 Å². The van der Waals surface area contributed by atoms with Crippen LogP contribution in [0.4, 0.5) is 4.39 Å². The van der Waals surface area contributed by atoms with Gasteiger partial charge in [-0.25, -0.2) is 9.18 Å². The summed E-state index contributed by atoms with van der Waals surface area (Å²) in [6.07, 6.45) is 0. The third-order valence-electron chi connectivity index (χ3n) is 4.29. The highest BCUT2D eigenvalue weighted by molar-refractivity contribution is 6.30. The van der Waals surface area contributed by atoms with Crippen molar-refractivity contribution in [3.8, 4) is 22.5 Å². The van der Waals surface area contributed by atoms with Crippen molar-refractivity contribution in [3.05, 3.63) is 101 Å². The minimum Gasteiger partial charge on any atom is -0.478 e. The molecule has 0 aliphatic carbocycles. The van der Waals surface area contributed by atoms with Gasteiger partial charge in [0.15, 0.2) is 0 Å². The quantitative estimate of drug-likeness (QED) is 0.416. The van der Waals surface area contributed by atoms with E-state index in [1.165, 1.54) is 18.2 Å². The molecular formula is C23H17ClFN3O3. The van der Waals surface area contributed by atoms with E-state index in [0.717, 1.165) is 5.56 Å². The molecule has 3 aromatic carbocycles. The molecular weight excluding hydrogens is 421 g/mol. The standard InChI is InChI=1S/C16H10ClFN2O2.C7H7NO/c17-10-6-4-9(5-7-10)13-8-14(20-19-13)15-11(16(21)22)2-1-3-12(15)18;8-7(9)6-4-2-1-3-5-6/h1-8H,(H,19,20)(H,21,22);1-5H,(H2,8,9). The fraction of sp³-hybridized carbons (Fsp3) is 0. The molecule has 0 unspecified atom stereocenters. The van der Waals surface area contributed by atoms with Gasteiger partial charge >= 0.3 is 5.97 Å². The Labute approximate surface area is 182 Å². The summed E-state index contributed by atoms with van der Waals surface area (Å²) in [5, 5.41) is 16.6. The molecule has 1 aromatic heterocycles. The smallest absolute Gasteiger partial charge is 0.336 e. The first-order valence-corrected chi connectivity index (χ1v) is 9.43. The predicted molar refractivity (Wildman–Crippen MR) is 116 cm³/mol. The Morgan fingerprint density at radius 3 is 2.23 bits per heavy atom. The number of nitrogens with one attached hydrogen (secondary N) is 1. The van der Waals surface area contributed by atoms with E-state index in [1.807, 2.05) is 6.07 Å². The van der Waals surface area contributed by atoms with Crippen LogP contribution in [0.15, 0.2) is 78.9 Å². The first-order chi connectivity index (χ1) is 14.9. The van der Waals surface area contributed by atoms with Crippen LogP contribution < -0.4 is 5.73 Å². The van der Waals surface area contributed by atoms with Gasteiger partial charge in [0.2, 0.25) is 5.91 Å². The van der Waals surface area contributed by atoms with Crippen LogP contribution in [0.25, 0.3) is 22.5 Å². The van der Waals surface area contributed by atoms with Gasteiger partial charge in [0.25, 0.3) is 0 Å². The summed E-state index contributed by atoms with van der Waals surface area (Å²) in [5.41, 5.74) is 7.07. The van der Waals surface area contributed by atoms with Crippen LogP contribution in [0.2, 0.25) is 5.02 Å². The molecule has 0 saturated carbocycles. The van der Waals surface area contributed by atoms with Crippen LogP contribution in [0.3, 0.4) is 0 Å². The summed E-state index contributed by atoms with van der Waals surface area (Å²) in [6, 6.07) is 21.3. The van der Waals surface area contributed by atoms with Gasteiger partial charge in [0.05, 0.1) is 17.0 Å². The Bertz CT molecular complexity index is 1210. The predicted octanol–water partition coefficient (Wildman–Crippen LogP) is 5.02. The van der Waals surface area contributed by atoms with Crippen LogP contribution >= 0.6 is 11.6 Å². The molecule has 8 heteroatoms. The lowest BCUT2D eigenvalue weighted by Crippen LogP contribution is -2.09. The third kappa shape index (κ3) is 5.34. The number of hydrogen-bond donors (Lipinski definition) is 3. The molecule has 156 valence electrons. The van der Waals surface area contributed by atoms with E-state index in [0.29, 0.717) is 22.0 Å². The maximum absolute atomic E-state index is 14.0. The van der Waals surface area contributed by atoms with Crippen molar-refractivity contribution in [2.75, 3.05) is 0 Å². The monoisotopic (exact) mass is 437 g/mol. The zero-order valence-corrected chi connectivity index (χ0v) is 16.8. The second-order valence-electron chi connectivity index (χ2n) is 6.37. The van der Waals surface area contributed by atoms with Crippen molar-refractivity contribution in [2.45, 2.75) is 0 Å². The molecule has 0 atom stereocenters. The molecule has 0 bridgehead atoms. The number of aromatic nitrogens is 2. The summed E-state index contributed by atoms with van der Waals surface area (Å²) in [7, 11) is 0. The second-order valence-corrected chi connectivity index (χ2v) is 6.81. The highest BCUT2D eigenvalue weighted by atomic mass is 35.5. The SMILES string of the molecule is NC(=O)c1ccccc1.O=C(O)c1cccc(F)c1-c1cc(-c2ccc(Cl)cc2)n[nH]1. The molecule has 0 fully saturated rings. The molecule has 0 aliphatic heterocycles. The Morgan fingerprint density at radius 1 is 0.968 bits per heavy atom. The summed E-state index contributed by atoms with van der Waals surface area (Å²) < 4.78 is 14.0. The summed E-state index contributed by atoms with van der Waals surface area (Å²) in [4.78, 5) is 21.7. The van der Waals surface area contributed by atoms with E-state index >= 15 is 0 Å². The van der Waals surface area contributed by atoms with E-state index in [9.17, 15) is 19.1 Å². The van der Waals surface area contributed by atoms with Gasteiger partial charge in [-0.2, -0.15) is 5.10 Å². The van der Waals surface area contributed by atoms with E-state index in [-0.39, 0.29) is 17.0 Å². The lowest BCUT2D eigenvalue weighted by Gasteiger charge is -2.04. The number of rotatable bonds is 4. The number of amides is 1. The van der Waals surface area contributed by atoms with Gasteiger partial charge in [-0.1, -0.05) is 48.0 Å². The summed E-state index contributed by atoms with van der Waals surface area (Å²) >= 11 is 5.83. The number of halogens is 2. The zero-order chi connectivity index (χ0) is 22.4. The number of hydrogen-bond acceptors (Lipinski definition) is 3. The second kappa shape index (κ2) is 9.69. The Balaban J connectivity index is 0.000000254. The number of nitrogens with zero attached hydrogens (tertiary/aromatic N) is 1. The molecule has 6 nitrogen and oxygen atoms in total. The summed E-state index contributed by atoms with van der Waals surface area (Å²) in [5.74, 6) is -2.20. The average molecular weight is 438 g/mol. The van der Waals surface area contributed by atoms with E-state index in [2.05, 4.69) is 10.2 Å². The average Bonchev–Trinajstić information content (AvgIpc) is 3.25. The summed E-state index contributed by atoms with van der Waals surface area (Å²) in [6.45, 7) is 0. The van der Waals surface area contributed by atoms with Crippen LogP contribution in [0, 0.1) is 5.82 Å². The molecule has 4 aromatic rings. The number of benzene rings is 3. The van der Waals surface area contributed by atoms with Crippen molar-refractivity contribution in [2.24, 2.45) is 5.73 Å². The molecule has 0 radical (unpaired) electrons. The largest absolute Gasteiger partial charge is 0.478 e. The number of aromatic amines is 1. The Kier molecular flexibility index (Phi) is 6.79. The zero-order valence-electron chi connectivity index (χ0n) is 16.0. The Hall–Kier alpha value is -3.97. The van der Waals surface area contributed by atoms with Crippen molar-refractivity contribution < 1.29 is 19.1 Å². The van der Waals surface area contributed by atoms with Gasteiger partial charge < -0.3 is 10.8 Å². The number of carboxylic acids is 1. The first kappa shape index (κ1) is 21.7. The molecule has 0 spiro atoms. The van der Waals surface area contributed by atoms with Gasteiger partial charge in [-0.3, -0.25) is 9.89 Å². The van der Waals surface area contributed by atoms with Gasteiger partial charge in [0.1, 0.15) is 5.82 Å². The molecule has 1 heterocycles. The lowest BCUT2D eigenvalue weighted by atomic mass is 10.0. The fourth-order valence-corrected chi connectivity index (χ4v) is 2.92. The number of H-pyrrole nitrogens is 1. The van der Waals surface area contributed by atoms with E-state index in [1.54, 1.807) is 54.6 Å². The molecule has 31 heavy (non-hydrogen) atoms. The van der Waals surface area contributed by atoms with Crippen LogP contribution in [0.1, 0.15) is 20.7 Å². The third-order valence-corrected chi connectivity index (χ3v) is 4.54. The fourth-order valence-electron chi connectivity index (χ4n) is 2.80. The van der Waals surface area contributed by atoms with E-state index in [4.69, 9.17) is 17.3 Å². The first-order valence-electron chi connectivity index (χ1n) is 9.05. The highest BCUT2D eigenvalue weighted by Gasteiger charge is 2.18. The number of carbonyl (C=O) groups excluding carboxylic acids is 1. The number of nitrogens with two attached hydrogens (primary N) is 1. The van der Waals surface area contributed by atoms with E-state index < -0.39 is 11.8 Å². The maximum Gasteiger partial charge on any atom is 0.336 e. The molecule has 0 saturated heterocycles. The van der Waals surface area contributed by atoms with Gasteiger partial charge in [0, 0.05) is 21.7 Å². The van der Waals surface area contributed by atoms with Crippen LogP contribution in [0.5, 0.6) is 0 Å². The van der Waals surface area contributed by atoms with Crippen LogP contribution in [-0.2, 0) is 0 Å². The molecule has 0 aliphatic rings. The molecule has 1 amide bonds. The molecule has 4 N–H and O–H groups in total. The lowest BCUT2D eigenvalue weighted by molar-refractivity contribution is 0.0697. The Morgan fingerprint density at radius 2 is 1.65 bits per heavy atom. The minimum absolute atomic E-state index is 0.0114. The number of carboxylic acid groups (broad SMARTS) is 1. The normalized spacial score (nSPS) is 10.1.